The fraction of sp³-hybridized carbons (Fsp3) is 0.0952. The van der Waals surface area contributed by atoms with E-state index in [-0.39, 0.29) is 10.6 Å². The lowest BCUT2D eigenvalue weighted by atomic mass is 10.1. The van der Waals surface area contributed by atoms with Crippen molar-refractivity contribution >= 4 is 20.9 Å². The lowest BCUT2D eigenvalue weighted by molar-refractivity contribution is 0.214. The van der Waals surface area contributed by atoms with Gasteiger partial charge in [0.05, 0.1) is 23.2 Å². The molecule has 0 aliphatic carbocycles. The molecule has 0 radical (unpaired) electrons. The molecular formula is C21H18N2O4S. The smallest absolute Gasteiger partial charge is 0.268 e. The molecule has 0 bridgehead atoms. The molecule has 0 saturated carbocycles. The maximum absolute atomic E-state index is 13.4. The average Bonchev–Trinajstić information content (AvgIpc) is 3.13. The Kier molecular flexibility index (Phi) is 4.62. The average molecular weight is 394 g/mol. The lowest BCUT2D eigenvalue weighted by Crippen LogP contribution is -2.18. The van der Waals surface area contributed by atoms with E-state index in [0.29, 0.717) is 22.2 Å². The molecule has 2 aromatic carbocycles. The van der Waals surface area contributed by atoms with E-state index in [1.807, 2.05) is 0 Å². The highest BCUT2D eigenvalue weighted by Crippen LogP contribution is 2.33. The van der Waals surface area contributed by atoms with Crippen LogP contribution in [0.1, 0.15) is 17.4 Å². The van der Waals surface area contributed by atoms with Crippen molar-refractivity contribution in [3.05, 3.63) is 90.4 Å². The molecule has 6 nitrogen and oxygen atoms in total. The minimum absolute atomic E-state index is 0.142. The van der Waals surface area contributed by atoms with Crippen LogP contribution in [-0.2, 0) is 10.0 Å². The third kappa shape index (κ3) is 3.04. The number of fused-ring (bicyclic) bond motifs is 1. The molecule has 1 N–H and O–H groups in total. The number of benzene rings is 2. The van der Waals surface area contributed by atoms with Gasteiger partial charge in [0.25, 0.3) is 10.0 Å². The summed E-state index contributed by atoms with van der Waals surface area (Å²) in [6.07, 6.45) is 1.95. The number of aliphatic hydroxyl groups is 1. The Bertz CT molecular complexity index is 1220. The SMILES string of the molecule is COc1ccc2c(c1)cc([C@@H](O)c1cccnc1)n2S(=O)(=O)c1ccccc1. The number of aliphatic hydroxyl groups excluding tert-OH is 1. The number of methoxy groups -OCH3 is 1. The Hall–Kier alpha value is -3.16. The molecule has 0 aliphatic rings. The highest BCUT2D eigenvalue weighted by Gasteiger charge is 2.27. The standard InChI is InChI=1S/C21H18N2O4S/c1-27-17-9-10-19-16(12-17)13-20(21(24)15-6-5-11-22-14-15)23(19)28(25,26)18-7-3-2-4-8-18/h2-14,21,24H,1H3/t21-/m0/s1. The summed E-state index contributed by atoms with van der Waals surface area (Å²) in [6, 6.07) is 18.3. The molecule has 0 saturated heterocycles. The summed E-state index contributed by atoms with van der Waals surface area (Å²) in [6.45, 7) is 0. The molecule has 28 heavy (non-hydrogen) atoms. The van der Waals surface area contributed by atoms with Crippen LogP contribution in [0.2, 0.25) is 0 Å². The van der Waals surface area contributed by atoms with Crippen molar-refractivity contribution in [3.63, 3.8) is 0 Å². The number of aromatic nitrogens is 2. The van der Waals surface area contributed by atoms with Gasteiger partial charge in [-0.25, -0.2) is 12.4 Å². The summed E-state index contributed by atoms with van der Waals surface area (Å²) >= 11 is 0. The number of nitrogens with zero attached hydrogens (tertiary/aromatic N) is 2. The number of hydrogen-bond acceptors (Lipinski definition) is 5. The Morgan fingerprint density at radius 3 is 2.50 bits per heavy atom. The largest absolute Gasteiger partial charge is 0.497 e. The van der Waals surface area contributed by atoms with E-state index >= 15 is 0 Å². The zero-order valence-electron chi connectivity index (χ0n) is 15.1. The first kappa shape index (κ1) is 18.2. The minimum Gasteiger partial charge on any atom is -0.497 e. The topological polar surface area (TPSA) is 81.4 Å². The summed E-state index contributed by atoms with van der Waals surface area (Å²) < 4.78 is 33.3. The zero-order chi connectivity index (χ0) is 19.7. The van der Waals surface area contributed by atoms with Crippen LogP contribution in [0.15, 0.2) is 84.0 Å². The minimum atomic E-state index is -3.93. The molecule has 0 unspecified atom stereocenters. The molecule has 2 aromatic heterocycles. The first-order valence-electron chi connectivity index (χ1n) is 8.60. The fourth-order valence-corrected chi connectivity index (χ4v) is 4.75. The Morgan fingerprint density at radius 1 is 1.04 bits per heavy atom. The van der Waals surface area contributed by atoms with E-state index in [1.165, 1.54) is 22.3 Å². The van der Waals surface area contributed by atoms with Crippen molar-refractivity contribution in [3.8, 4) is 5.75 Å². The van der Waals surface area contributed by atoms with Crippen LogP contribution in [0, 0.1) is 0 Å². The number of pyridine rings is 1. The molecule has 0 spiro atoms. The molecule has 1 atom stereocenters. The van der Waals surface area contributed by atoms with Gasteiger partial charge in [0.1, 0.15) is 11.9 Å². The summed E-state index contributed by atoms with van der Waals surface area (Å²) in [4.78, 5) is 4.17. The highest BCUT2D eigenvalue weighted by atomic mass is 32.2. The molecule has 0 aliphatic heterocycles. The summed E-state index contributed by atoms with van der Waals surface area (Å²) in [5.41, 5.74) is 1.20. The molecule has 7 heteroatoms. The van der Waals surface area contributed by atoms with Crippen LogP contribution in [-0.4, -0.2) is 29.6 Å². The van der Waals surface area contributed by atoms with Gasteiger partial charge in [0, 0.05) is 23.3 Å². The van der Waals surface area contributed by atoms with Crippen molar-refractivity contribution < 1.29 is 18.3 Å². The van der Waals surface area contributed by atoms with Gasteiger partial charge in [0.2, 0.25) is 0 Å². The number of ether oxygens (including phenoxy) is 1. The first-order chi connectivity index (χ1) is 13.5. The summed E-state index contributed by atoms with van der Waals surface area (Å²) in [7, 11) is -2.38. The quantitative estimate of drug-likeness (QED) is 0.561. The first-order valence-corrected chi connectivity index (χ1v) is 10.0. The van der Waals surface area contributed by atoms with Gasteiger partial charge in [-0.2, -0.15) is 0 Å². The van der Waals surface area contributed by atoms with Gasteiger partial charge in [-0.1, -0.05) is 24.3 Å². The van der Waals surface area contributed by atoms with Gasteiger partial charge in [-0.15, -0.1) is 0 Å². The Balaban J connectivity index is 2.00. The molecule has 4 rings (SSSR count). The van der Waals surface area contributed by atoms with Crippen molar-refractivity contribution in [1.29, 1.82) is 0 Å². The van der Waals surface area contributed by atoms with Crippen LogP contribution in [0.25, 0.3) is 10.9 Å². The zero-order valence-corrected chi connectivity index (χ0v) is 15.9. The molecule has 142 valence electrons. The Morgan fingerprint density at radius 2 is 1.82 bits per heavy atom. The van der Waals surface area contributed by atoms with Gasteiger partial charge < -0.3 is 9.84 Å². The van der Waals surface area contributed by atoms with E-state index in [9.17, 15) is 13.5 Å². The predicted octanol–water partition coefficient (Wildman–Crippen LogP) is 3.36. The summed E-state index contributed by atoms with van der Waals surface area (Å²) in [5, 5.41) is 11.6. The van der Waals surface area contributed by atoms with Crippen molar-refractivity contribution in [2.45, 2.75) is 11.0 Å². The van der Waals surface area contributed by atoms with E-state index in [1.54, 1.807) is 67.9 Å². The number of rotatable bonds is 5. The van der Waals surface area contributed by atoms with E-state index in [0.717, 1.165) is 0 Å². The van der Waals surface area contributed by atoms with Crippen LogP contribution >= 0.6 is 0 Å². The van der Waals surface area contributed by atoms with Crippen molar-refractivity contribution in [2.75, 3.05) is 7.11 Å². The molecular weight excluding hydrogens is 376 g/mol. The fourth-order valence-electron chi connectivity index (χ4n) is 3.18. The summed E-state index contributed by atoms with van der Waals surface area (Å²) in [5.74, 6) is 0.601. The molecule has 2 heterocycles. The molecule has 4 aromatic rings. The van der Waals surface area contributed by atoms with Crippen molar-refractivity contribution in [1.82, 2.24) is 8.96 Å². The number of hydrogen-bond donors (Lipinski definition) is 1. The third-order valence-corrected chi connectivity index (χ3v) is 6.31. The predicted molar refractivity (Wildman–Crippen MR) is 106 cm³/mol. The van der Waals surface area contributed by atoms with Gasteiger partial charge in [-0.3, -0.25) is 4.98 Å². The maximum Gasteiger partial charge on any atom is 0.268 e. The van der Waals surface area contributed by atoms with Gasteiger partial charge in [-0.05, 0) is 42.5 Å². The van der Waals surface area contributed by atoms with Crippen LogP contribution in [0.5, 0.6) is 5.75 Å². The second-order valence-electron chi connectivity index (χ2n) is 6.27. The van der Waals surface area contributed by atoms with E-state index in [4.69, 9.17) is 4.74 Å². The molecule has 0 fully saturated rings. The lowest BCUT2D eigenvalue weighted by Gasteiger charge is -2.16. The van der Waals surface area contributed by atoms with Crippen LogP contribution in [0.4, 0.5) is 0 Å². The third-order valence-electron chi connectivity index (χ3n) is 4.55. The van der Waals surface area contributed by atoms with Gasteiger partial charge in [0.15, 0.2) is 0 Å². The molecule has 0 amide bonds. The van der Waals surface area contributed by atoms with Gasteiger partial charge >= 0.3 is 0 Å². The second kappa shape index (κ2) is 7.10. The second-order valence-corrected chi connectivity index (χ2v) is 8.05. The van der Waals surface area contributed by atoms with E-state index < -0.39 is 16.1 Å². The monoisotopic (exact) mass is 394 g/mol. The Labute approximate surface area is 162 Å². The van der Waals surface area contributed by atoms with E-state index in [2.05, 4.69) is 4.98 Å². The van der Waals surface area contributed by atoms with Crippen LogP contribution < -0.4 is 4.74 Å². The highest BCUT2D eigenvalue weighted by molar-refractivity contribution is 7.90. The van der Waals surface area contributed by atoms with Crippen LogP contribution in [0.3, 0.4) is 0 Å². The van der Waals surface area contributed by atoms with Crippen molar-refractivity contribution in [2.24, 2.45) is 0 Å². The normalized spacial score (nSPS) is 12.8. The maximum atomic E-state index is 13.4.